The third-order valence-corrected chi connectivity index (χ3v) is 16.5. The summed E-state index contributed by atoms with van der Waals surface area (Å²) in [7, 11) is -2.21. The Labute approximate surface area is 277 Å². The zero-order chi connectivity index (χ0) is 32.6. The number of sulfonamides is 1. The van der Waals surface area contributed by atoms with E-state index in [4.69, 9.17) is 4.74 Å². The summed E-state index contributed by atoms with van der Waals surface area (Å²) in [4.78, 5) is 14.6. The maximum atomic E-state index is 14.6. The number of Topliss-reactive ketones (excluding diaryl/α,β-unsaturated/α-hetero) is 1. The number of hydrogen-bond acceptors (Lipinski definition) is 7. The number of ketones is 1. The van der Waals surface area contributed by atoms with Gasteiger partial charge in [0.15, 0.2) is 5.78 Å². The van der Waals surface area contributed by atoms with Crippen LogP contribution < -0.4 is 0 Å². The summed E-state index contributed by atoms with van der Waals surface area (Å²) in [6.07, 6.45) is 11.9. The number of fused-ring (bicyclic) bond motifs is 1. The zero-order valence-electron chi connectivity index (χ0n) is 27.2. The lowest BCUT2D eigenvalue weighted by molar-refractivity contribution is -0.173. The van der Waals surface area contributed by atoms with Crippen molar-refractivity contribution >= 4 is 27.1 Å². The zero-order valence-corrected chi connectivity index (χ0v) is 28.8. The minimum Gasteiger partial charge on any atom is -0.393 e. The summed E-state index contributed by atoms with van der Waals surface area (Å²) in [5.74, 6) is 0.155. The Hall–Kier alpha value is -2.14. The number of hydrogen-bond donors (Lipinski definition) is 2. The van der Waals surface area contributed by atoms with Gasteiger partial charge in [-0.25, -0.2) is 8.42 Å². The second-order valence-electron chi connectivity index (χ2n) is 15.1. The molecule has 1 heterocycles. The van der Waals surface area contributed by atoms with Gasteiger partial charge in [0.2, 0.25) is 0 Å². The van der Waals surface area contributed by atoms with E-state index in [9.17, 15) is 23.4 Å². The van der Waals surface area contributed by atoms with Gasteiger partial charge in [-0.15, -0.1) is 11.3 Å². The lowest BCUT2D eigenvalue weighted by atomic mass is 9.32. The highest BCUT2D eigenvalue weighted by atomic mass is 32.2. The first-order chi connectivity index (χ1) is 21.9. The van der Waals surface area contributed by atoms with Gasteiger partial charge < -0.3 is 14.9 Å². The molecule has 46 heavy (non-hydrogen) atoms. The number of aliphatic hydroxyl groups is 2. The van der Waals surface area contributed by atoms with Crippen LogP contribution in [0.3, 0.4) is 0 Å². The van der Waals surface area contributed by atoms with Crippen molar-refractivity contribution in [1.82, 2.24) is 4.31 Å². The topological polar surface area (TPSA) is 104 Å². The molecule has 1 aromatic carbocycles. The molecule has 3 saturated carbocycles. The van der Waals surface area contributed by atoms with Crippen LogP contribution >= 0.6 is 11.3 Å². The summed E-state index contributed by atoms with van der Waals surface area (Å²) in [6.45, 7) is 5.22. The van der Waals surface area contributed by atoms with E-state index in [1.165, 1.54) is 15.6 Å². The number of ether oxygens (including phenoxy) is 1. The molecular weight excluding hydrogens is 619 g/mol. The number of allylic oxidation sites excluding steroid dienone is 4. The van der Waals surface area contributed by atoms with Gasteiger partial charge in [-0.3, -0.25) is 4.79 Å². The van der Waals surface area contributed by atoms with E-state index in [1.807, 2.05) is 30.3 Å². The number of carbonyl (C=O) groups is 1. The molecule has 2 aromatic rings. The van der Waals surface area contributed by atoms with Crippen molar-refractivity contribution in [1.29, 1.82) is 0 Å². The van der Waals surface area contributed by atoms with Crippen molar-refractivity contribution in [3.63, 3.8) is 0 Å². The monoisotopic (exact) mass is 665 g/mol. The Bertz CT molecular complexity index is 1660. The number of benzene rings is 1. The quantitative estimate of drug-likeness (QED) is 0.177. The van der Waals surface area contributed by atoms with Crippen LogP contribution in [0.2, 0.25) is 0 Å². The van der Waals surface area contributed by atoms with Gasteiger partial charge in [0, 0.05) is 54.2 Å². The summed E-state index contributed by atoms with van der Waals surface area (Å²) < 4.78 is 34.9. The molecule has 8 unspecified atom stereocenters. The van der Waals surface area contributed by atoms with Crippen LogP contribution in [0.15, 0.2) is 75.9 Å². The molecule has 3 fully saturated rings. The standard InChI is InChI=1S/C37H47NO6S2/c1-33-15-12-27(39)23-35(33)18-19-37(28(24-35)32(40)26-9-5-4-6-10-26)29(33)13-16-34(2)30(37)14-17-36(34,41)25-38(20-8-21-44-3)46(42,43)31-11-7-22-45-31/h4-7,9-11,18-19,22,24,27,29-30,39,41H,8,12-17,20-21,23,25H2,1-3H3. The van der Waals surface area contributed by atoms with E-state index < -0.39 is 38.0 Å². The molecule has 6 aliphatic rings. The molecule has 8 atom stereocenters. The second kappa shape index (κ2) is 11.2. The Kier molecular flexibility index (Phi) is 7.90. The van der Waals surface area contributed by atoms with Crippen molar-refractivity contribution in [2.45, 2.75) is 81.1 Å². The fourth-order valence-corrected chi connectivity index (χ4v) is 13.5. The third kappa shape index (κ3) is 4.41. The molecular formula is C37H47NO6S2. The Balaban J connectivity index is 1.32. The first kappa shape index (κ1) is 32.4. The molecule has 1 aromatic heterocycles. The molecule has 0 amide bonds. The lowest BCUT2D eigenvalue weighted by Crippen LogP contribution is -2.67. The molecule has 6 aliphatic carbocycles. The summed E-state index contributed by atoms with van der Waals surface area (Å²) in [5.41, 5.74) is -1.55. The molecule has 2 spiro atoms. The molecule has 8 rings (SSSR count). The fraction of sp³-hybridized carbons (Fsp3) is 0.595. The smallest absolute Gasteiger partial charge is 0.252 e. The molecule has 2 bridgehead atoms. The predicted octanol–water partition coefficient (Wildman–Crippen LogP) is 6.25. The Morgan fingerprint density at radius 3 is 2.43 bits per heavy atom. The minimum absolute atomic E-state index is 0.00743. The summed E-state index contributed by atoms with van der Waals surface area (Å²) in [6, 6.07) is 12.9. The molecule has 2 N–H and O–H groups in total. The minimum atomic E-state index is -3.82. The molecule has 248 valence electrons. The van der Waals surface area contributed by atoms with Gasteiger partial charge >= 0.3 is 0 Å². The number of methoxy groups -OCH3 is 1. The van der Waals surface area contributed by atoms with Crippen LogP contribution in [-0.4, -0.2) is 67.2 Å². The van der Waals surface area contributed by atoms with Crippen molar-refractivity contribution < 1.29 is 28.2 Å². The summed E-state index contributed by atoms with van der Waals surface area (Å²) in [5, 5.41) is 25.5. The second-order valence-corrected chi connectivity index (χ2v) is 18.2. The maximum absolute atomic E-state index is 14.6. The van der Waals surface area contributed by atoms with Crippen LogP contribution in [0.5, 0.6) is 0 Å². The lowest BCUT2D eigenvalue weighted by Gasteiger charge is -2.71. The normalized spacial score (nSPS) is 39.5. The van der Waals surface area contributed by atoms with Gasteiger partial charge in [0.25, 0.3) is 10.0 Å². The van der Waals surface area contributed by atoms with Gasteiger partial charge in [-0.2, -0.15) is 4.31 Å². The predicted molar refractivity (Wildman–Crippen MR) is 179 cm³/mol. The number of rotatable bonds is 10. The van der Waals surface area contributed by atoms with Crippen molar-refractivity contribution in [2.24, 2.45) is 33.5 Å². The van der Waals surface area contributed by atoms with Crippen LogP contribution in [0, 0.1) is 33.5 Å². The number of carbonyl (C=O) groups excluding carboxylic acids is 1. The average Bonchev–Trinajstić information content (AvgIpc) is 3.68. The van der Waals surface area contributed by atoms with Crippen LogP contribution in [-0.2, 0) is 14.8 Å². The highest BCUT2D eigenvalue weighted by Crippen LogP contribution is 2.78. The molecule has 0 aliphatic heterocycles. The van der Waals surface area contributed by atoms with Gasteiger partial charge in [-0.05, 0) is 80.1 Å². The average molecular weight is 666 g/mol. The van der Waals surface area contributed by atoms with Gasteiger partial charge in [0.1, 0.15) is 4.21 Å². The van der Waals surface area contributed by atoms with Gasteiger partial charge in [0.05, 0.1) is 11.7 Å². The molecule has 0 radical (unpaired) electrons. The third-order valence-electron chi connectivity index (χ3n) is 13.3. The van der Waals surface area contributed by atoms with Crippen molar-refractivity contribution in [3.05, 3.63) is 77.2 Å². The van der Waals surface area contributed by atoms with E-state index in [0.717, 1.165) is 31.3 Å². The SMILES string of the molecule is COCCCN(CC1(O)CCC2C34C=CC5(C=C3C(=O)c3ccccc3)CC(O)CCC5(C)C4CCC21C)S(=O)(=O)c1cccs1. The number of nitrogens with zero attached hydrogens (tertiary/aromatic N) is 1. The van der Waals surface area contributed by atoms with E-state index in [-0.39, 0.29) is 40.3 Å². The largest absolute Gasteiger partial charge is 0.393 e. The molecule has 7 nitrogen and oxygen atoms in total. The first-order valence-corrected chi connectivity index (χ1v) is 19.2. The van der Waals surface area contributed by atoms with Crippen LogP contribution in [0.1, 0.15) is 75.6 Å². The van der Waals surface area contributed by atoms with Crippen LogP contribution in [0.4, 0.5) is 0 Å². The highest BCUT2D eigenvalue weighted by Gasteiger charge is 2.74. The van der Waals surface area contributed by atoms with Crippen molar-refractivity contribution in [2.75, 3.05) is 26.8 Å². The first-order valence-electron chi connectivity index (χ1n) is 16.8. The number of thiophene rings is 1. The highest BCUT2D eigenvalue weighted by molar-refractivity contribution is 7.91. The van der Waals surface area contributed by atoms with E-state index >= 15 is 0 Å². The van der Waals surface area contributed by atoms with E-state index in [2.05, 4.69) is 32.1 Å². The van der Waals surface area contributed by atoms with Crippen LogP contribution in [0.25, 0.3) is 0 Å². The Morgan fingerprint density at radius 2 is 1.72 bits per heavy atom. The molecule has 9 heteroatoms. The maximum Gasteiger partial charge on any atom is 0.252 e. The van der Waals surface area contributed by atoms with Crippen molar-refractivity contribution in [3.8, 4) is 0 Å². The Morgan fingerprint density at radius 1 is 1.00 bits per heavy atom. The number of aliphatic hydroxyl groups excluding tert-OH is 1. The van der Waals surface area contributed by atoms with E-state index in [1.54, 1.807) is 24.6 Å². The molecule has 0 saturated heterocycles. The van der Waals surface area contributed by atoms with E-state index in [0.29, 0.717) is 37.9 Å². The summed E-state index contributed by atoms with van der Waals surface area (Å²) >= 11 is 1.20. The fourth-order valence-electron chi connectivity index (χ4n) is 10.8. The van der Waals surface area contributed by atoms with Gasteiger partial charge in [-0.1, -0.05) is 68.5 Å².